The number of ketones is 1. The van der Waals surface area contributed by atoms with Gasteiger partial charge in [0.05, 0.1) is 5.56 Å². The average molecular weight is 435 g/mol. The van der Waals surface area contributed by atoms with Crippen molar-refractivity contribution in [2.45, 2.75) is 51.5 Å². The SMILES string of the molecule is CCCN(CCCCNC(=O)c1ccccc1F)C1CCc2c(ccc3c2C(=O)C=C3)C1. The number of unbranched alkanes of at least 4 members (excludes halogenated alkanes) is 1. The molecule has 1 N–H and O–H groups in total. The van der Waals surface area contributed by atoms with E-state index in [9.17, 15) is 14.0 Å². The number of carbonyl (C=O) groups excluding carboxylic acids is 2. The maximum atomic E-state index is 13.7. The first-order valence-corrected chi connectivity index (χ1v) is 11.7. The number of rotatable bonds is 9. The fraction of sp³-hybridized carbons (Fsp3) is 0.407. The summed E-state index contributed by atoms with van der Waals surface area (Å²) in [5, 5.41) is 2.83. The molecule has 0 saturated carbocycles. The second-order valence-electron chi connectivity index (χ2n) is 8.74. The van der Waals surface area contributed by atoms with Crippen LogP contribution in [-0.2, 0) is 12.8 Å². The molecule has 5 heteroatoms. The van der Waals surface area contributed by atoms with Crippen LogP contribution in [-0.4, -0.2) is 42.3 Å². The minimum atomic E-state index is -0.486. The van der Waals surface area contributed by atoms with Gasteiger partial charge in [0.25, 0.3) is 5.91 Å². The molecule has 0 aliphatic heterocycles. The molecule has 1 amide bonds. The van der Waals surface area contributed by atoms with Crippen LogP contribution in [0.4, 0.5) is 4.39 Å². The Labute approximate surface area is 189 Å². The number of allylic oxidation sites excluding steroid dienone is 1. The van der Waals surface area contributed by atoms with Gasteiger partial charge in [0.2, 0.25) is 0 Å². The van der Waals surface area contributed by atoms with Gasteiger partial charge >= 0.3 is 0 Å². The maximum Gasteiger partial charge on any atom is 0.254 e. The molecule has 0 spiro atoms. The molecule has 0 bridgehead atoms. The van der Waals surface area contributed by atoms with Crippen LogP contribution in [0.25, 0.3) is 6.08 Å². The summed E-state index contributed by atoms with van der Waals surface area (Å²) < 4.78 is 13.7. The third-order valence-corrected chi connectivity index (χ3v) is 6.59. The molecule has 0 saturated heterocycles. The second kappa shape index (κ2) is 10.2. The molecular formula is C27H31FN2O2. The monoisotopic (exact) mass is 434 g/mol. The first-order valence-electron chi connectivity index (χ1n) is 11.7. The van der Waals surface area contributed by atoms with Crippen molar-refractivity contribution in [1.82, 2.24) is 10.2 Å². The van der Waals surface area contributed by atoms with Crippen LogP contribution in [0.15, 0.2) is 42.5 Å². The van der Waals surface area contributed by atoms with Crippen molar-refractivity contribution in [2.75, 3.05) is 19.6 Å². The molecule has 0 aromatic heterocycles. The molecular weight excluding hydrogens is 403 g/mol. The number of nitrogens with zero attached hydrogens (tertiary/aromatic N) is 1. The summed E-state index contributed by atoms with van der Waals surface area (Å²) in [6.07, 6.45) is 9.56. The smallest absolute Gasteiger partial charge is 0.254 e. The second-order valence-corrected chi connectivity index (χ2v) is 8.74. The van der Waals surface area contributed by atoms with E-state index >= 15 is 0 Å². The Hall–Kier alpha value is -2.79. The van der Waals surface area contributed by atoms with Crippen LogP contribution in [0.1, 0.15) is 70.0 Å². The fourth-order valence-electron chi connectivity index (χ4n) is 4.99. The van der Waals surface area contributed by atoms with Gasteiger partial charge in [0.1, 0.15) is 5.82 Å². The molecule has 2 aliphatic carbocycles. The van der Waals surface area contributed by atoms with Crippen molar-refractivity contribution in [2.24, 2.45) is 0 Å². The van der Waals surface area contributed by atoms with E-state index < -0.39 is 5.82 Å². The Morgan fingerprint density at radius 3 is 2.78 bits per heavy atom. The van der Waals surface area contributed by atoms with E-state index in [-0.39, 0.29) is 17.3 Å². The summed E-state index contributed by atoms with van der Waals surface area (Å²) in [4.78, 5) is 27.0. The molecule has 4 rings (SSSR count). The number of hydrogen-bond acceptors (Lipinski definition) is 3. The summed E-state index contributed by atoms with van der Waals surface area (Å²) in [7, 11) is 0. The lowest BCUT2D eigenvalue weighted by Crippen LogP contribution is -2.41. The van der Waals surface area contributed by atoms with Crippen LogP contribution in [0.2, 0.25) is 0 Å². The van der Waals surface area contributed by atoms with E-state index in [1.807, 2.05) is 6.08 Å². The van der Waals surface area contributed by atoms with Crippen molar-refractivity contribution in [1.29, 1.82) is 0 Å². The fourth-order valence-corrected chi connectivity index (χ4v) is 4.99. The quantitative estimate of drug-likeness (QED) is 0.576. The van der Waals surface area contributed by atoms with E-state index in [0.717, 1.165) is 62.7 Å². The Bertz CT molecular complexity index is 1030. The molecule has 0 radical (unpaired) electrons. The molecule has 1 atom stereocenters. The molecule has 168 valence electrons. The number of amides is 1. The van der Waals surface area contributed by atoms with Gasteiger partial charge in [-0.25, -0.2) is 4.39 Å². The van der Waals surface area contributed by atoms with E-state index in [1.165, 1.54) is 23.3 Å². The molecule has 0 fully saturated rings. The molecule has 2 aromatic carbocycles. The van der Waals surface area contributed by atoms with Gasteiger partial charge in [-0.2, -0.15) is 0 Å². The Balaban J connectivity index is 1.28. The van der Waals surface area contributed by atoms with E-state index in [2.05, 4.69) is 29.3 Å². The van der Waals surface area contributed by atoms with Gasteiger partial charge in [-0.3, -0.25) is 9.59 Å². The highest BCUT2D eigenvalue weighted by Gasteiger charge is 2.28. The van der Waals surface area contributed by atoms with Crippen LogP contribution < -0.4 is 5.32 Å². The van der Waals surface area contributed by atoms with Gasteiger partial charge < -0.3 is 10.2 Å². The molecule has 0 heterocycles. The lowest BCUT2D eigenvalue weighted by Gasteiger charge is -2.36. The normalized spacial score (nSPS) is 16.8. The molecule has 2 aromatic rings. The predicted octanol–water partition coefficient (Wildman–Crippen LogP) is 4.81. The molecule has 32 heavy (non-hydrogen) atoms. The Morgan fingerprint density at radius 2 is 1.97 bits per heavy atom. The zero-order chi connectivity index (χ0) is 22.5. The zero-order valence-electron chi connectivity index (χ0n) is 18.7. The third-order valence-electron chi connectivity index (χ3n) is 6.59. The van der Waals surface area contributed by atoms with Crippen molar-refractivity contribution in [3.8, 4) is 0 Å². The zero-order valence-corrected chi connectivity index (χ0v) is 18.7. The van der Waals surface area contributed by atoms with Gasteiger partial charge in [-0.1, -0.05) is 37.3 Å². The van der Waals surface area contributed by atoms with Crippen LogP contribution in [0, 0.1) is 5.82 Å². The predicted molar refractivity (Wildman–Crippen MR) is 125 cm³/mol. The van der Waals surface area contributed by atoms with Crippen molar-refractivity contribution in [3.63, 3.8) is 0 Å². The van der Waals surface area contributed by atoms with E-state index in [0.29, 0.717) is 12.6 Å². The number of benzene rings is 2. The molecule has 2 aliphatic rings. The number of halogens is 1. The molecule has 1 unspecified atom stereocenters. The minimum Gasteiger partial charge on any atom is -0.352 e. The number of carbonyl (C=O) groups is 2. The number of fused-ring (bicyclic) bond motifs is 3. The summed E-state index contributed by atoms with van der Waals surface area (Å²) in [5.41, 5.74) is 4.65. The standard InChI is InChI=1S/C27H31FN2O2/c1-2-16-30(17-6-5-15-29-27(32)23-7-3-4-8-24(23)28)21-12-13-22-20(18-21)10-9-19-11-14-25(31)26(19)22/h3-4,7-11,14,21H,2,5-6,12-13,15-18H2,1H3,(H,29,32). The highest BCUT2D eigenvalue weighted by atomic mass is 19.1. The van der Waals surface area contributed by atoms with Crippen LogP contribution >= 0.6 is 0 Å². The third kappa shape index (κ3) is 4.83. The highest BCUT2D eigenvalue weighted by Crippen LogP contribution is 2.33. The Morgan fingerprint density at radius 1 is 1.12 bits per heavy atom. The molecule has 4 nitrogen and oxygen atoms in total. The minimum absolute atomic E-state index is 0.0983. The van der Waals surface area contributed by atoms with Crippen LogP contribution in [0.3, 0.4) is 0 Å². The first kappa shape index (κ1) is 22.4. The summed E-state index contributed by atoms with van der Waals surface area (Å²) >= 11 is 0. The Kier molecular flexibility index (Phi) is 7.15. The summed E-state index contributed by atoms with van der Waals surface area (Å²) in [6, 6.07) is 10.8. The van der Waals surface area contributed by atoms with Gasteiger partial charge in [-0.15, -0.1) is 0 Å². The van der Waals surface area contributed by atoms with Gasteiger partial charge in [0.15, 0.2) is 5.78 Å². The maximum absolute atomic E-state index is 13.7. The lowest BCUT2D eigenvalue weighted by molar-refractivity contribution is 0.0947. The lowest BCUT2D eigenvalue weighted by atomic mass is 9.83. The van der Waals surface area contributed by atoms with Crippen molar-refractivity contribution < 1.29 is 14.0 Å². The average Bonchev–Trinajstić information content (AvgIpc) is 3.19. The first-order chi connectivity index (χ1) is 15.6. The largest absolute Gasteiger partial charge is 0.352 e. The van der Waals surface area contributed by atoms with Gasteiger partial charge in [0, 0.05) is 18.2 Å². The number of hydrogen-bond donors (Lipinski definition) is 1. The van der Waals surface area contributed by atoms with E-state index in [1.54, 1.807) is 18.2 Å². The topological polar surface area (TPSA) is 49.4 Å². The van der Waals surface area contributed by atoms with Crippen molar-refractivity contribution >= 4 is 17.8 Å². The van der Waals surface area contributed by atoms with Gasteiger partial charge in [-0.05, 0) is 86.5 Å². The summed E-state index contributed by atoms with van der Waals surface area (Å²) in [6.45, 7) is 4.78. The van der Waals surface area contributed by atoms with Crippen molar-refractivity contribution in [3.05, 3.63) is 76.1 Å². The van der Waals surface area contributed by atoms with E-state index in [4.69, 9.17) is 0 Å². The summed E-state index contributed by atoms with van der Waals surface area (Å²) in [5.74, 6) is -0.688. The van der Waals surface area contributed by atoms with Crippen LogP contribution in [0.5, 0.6) is 0 Å². The highest BCUT2D eigenvalue weighted by molar-refractivity contribution is 6.14. The number of nitrogens with one attached hydrogen (secondary N) is 1.